The summed E-state index contributed by atoms with van der Waals surface area (Å²) in [7, 11) is 1.39. The van der Waals surface area contributed by atoms with Crippen molar-refractivity contribution in [2.75, 3.05) is 13.7 Å². The summed E-state index contributed by atoms with van der Waals surface area (Å²) in [5, 5.41) is 0. The van der Waals surface area contributed by atoms with Crippen molar-refractivity contribution in [3.05, 3.63) is 23.9 Å². The summed E-state index contributed by atoms with van der Waals surface area (Å²) < 4.78 is 30.0. The summed E-state index contributed by atoms with van der Waals surface area (Å²) in [4.78, 5) is 3.84. The van der Waals surface area contributed by atoms with Crippen molar-refractivity contribution in [1.29, 1.82) is 0 Å². The van der Waals surface area contributed by atoms with Gasteiger partial charge in [-0.1, -0.05) is 6.07 Å². The van der Waals surface area contributed by atoms with Gasteiger partial charge in [0, 0.05) is 18.3 Å². The van der Waals surface area contributed by atoms with Gasteiger partial charge in [0.15, 0.2) is 0 Å². The fourth-order valence-electron chi connectivity index (χ4n) is 1.22. The smallest absolute Gasteiger partial charge is 0.246 e. The largest absolute Gasteiger partial charge is 0.481 e. The van der Waals surface area contributed by atoms with Gasteiger partial charge in [-0.3, -0.25) is 0 Å². The quantitative estimate of drug-likeness (QED) is 0.802. The van der Waals surface area contributed by atoms with Gasteiger partial charge < -0.3 is 10.5 Å². The third-order valence-corrected chi connectivity index (χ3v) is 1.95. The molecule has 2 N–H and O–H groups in total. The number of nitrogens with zero attached hydrogens (tertiary/aromatic N) is 1. The molecular weight excluding hydrogens is 190 g/mol. The number of rotatable bonds is 4. The summed E-state index contributed by atoms with van der Waals surface area (Å²) in [6.07, 6.45) is -1.01. The number of methoxy groups -OCH3 is 1. The molecule has 0 bridgehead atoms. The molecule has 0 aliphatic heterocycles. The van der Waals surface area contributed by atoms with Crippen molar-refractivity contribution in [2.24, 2.45) is 5.73 Å². The average Bonchev–Trinajstić information content (AvgIpc) is 2.19. The molecule has 0 saturated heterocycles. The minimum Gasteiger partial charge on any atom is -0.481 e. The molecule has 5 heteroatoms. The highest BCUT2D eigenvalue weighted by atomic mass is 19.3. The molecule has 0 aliphatic rings. The lowest BCUT2D eigenvalue weighted by atomic mass is 10.0. The molecule has 14 heavy (non-hydrogen) atoms. The molecule has 1 heterocycles. The summed E-state index contributed by atoms with van der Waals surface area (Å²) in [5.74, 6) is -0.804. The Hall–Kier alpha value is -1.23. The molecule has 1 atom stereocenters. The number of nitrogens with two attached hydrogens (primary N) is 1. The molecule has 0 aliphatic carbocycles. The Bertz CT molecular complexity index is 294. The molecule has 1 aromatic rings. The molecule has 78 valence electrons. The molecule has 0 aromatic carbocycles. The number of alkyl halides is 2. The van der Waals surface area contributed by atoms with Crippen LogP contribution < -0.4 is 10.5 Å². The molecule has 0 saturated carbocycles. The molecule has 0 spiro atoms. The second-order valence-electron chi connectivity index (χ2n) is 2.78. The zero-order valence-corrected chi connectivity index (χ0v) is 7.78. The van der Waals surface area contributed by atoms with Crippen molar-refractivity contribution < 1.29 is 13.5 Å². The average molecular weight is 202 g/mol. The van der Waals surface area contributed by atoms with E-state index in [4.69, 9.17) is 10.5 Å². The van der Waals surface area contributed by atoms with Gasteiger partial charge in [0.1, 0.15) is 0 Å². The summed E-state index contributed by atoms with van der Waals surface area (Å²) >= 11 is 0. The van der Waals surface area contributed by atoms with Crippen LogP contribution in [0.25, 0.3) is 0 Å². The van der Waals surface area contributed by atoms with Gasteiger partial charge in [-0.05, 0) is 6.07 Å². The normalized spacial score (nSPS) is 12.9. The molecule has 1 aromatic heterocycles. The third-order valence-electron chi connectivity index (χ3n) is 1.95. The lowest BCUT2D eigenvalue weighted by Gasteiger charge is -2.15. The van der Waals surface area contributed by atoms with Gasteiger partial charge in [0.2, 0.25) is 12.3 Å². The van der Waals surface area contributed by atoms with E-state index in [1.54, 1.807) is 12.1 Å². The summed E-state index contributed by atoms with van der Waals surface area (Å²) in [5.41, 5.74) is 5.62. The summed E-state index contributed by atoms with van der Waals surface area (Å²) in [6, 6.07) is 3.14. The Morgan fingerprint density at radius 2 is 2.29 bits per heavy atom. The van der Waals surface area contributed by atoms with E-state index < -0.39 is 12.3 Å². The molecular formula is C9H12F2N2O. The number of aromatic nitrogens is 1. The van der Waals surface area contributed by atoms with Crippen molar-refractivity contribution in [1.82, 2.24) is 4.98 Å². The fourth-order valence-corrected chi connectivity index (χ4v) is 1.22. The van der Waals surface area contributed by atoms with Crippen molar-refractivity contribution >= 4 is 0 Å². The first-order valence-corrected chi connectivity index (χ1v) is 4.17. The van der Waals surface area contributed by atoms with Gasteiger partial charge >= 0.3 is 0 Å². The van der Waals surface area contributed by atoms with Gasteiger partial charge in [-0.25, -0.2) is 13.8 Å². The fraction of sp³-hybridized carbons (Fsp3) is 0.444. The maximum absolute atomic E-state index is 12.5. The second-order valence-corrected chi connectivity index (χ2v) is 2.78. The zero-order valence-electron chi connectivity index (χ0n) is 7.78. The predicted octanol–water partition coefficient (Wildman–Crippen LogP) is 1.40. The third kappa shape index (κ3) is 2.17. The molecule has 3 nitrogen and oxygen atoms in total. The number of hydrogen-bond donors (Lipinski definition) is 1. The maximum Gasteiger partial charge on any atom is 0.246 e. The zero-order chi connectivity index (χ0) is 10.6. The number of pyridine rings is 1. The van der Waals surface area contributed by atoms with Crippen LogP contribution in [-0.2, 0) is 0 Å². The second kappa shape index (κ2) is 4.85. The predicted molar refractivity (Wildman–Crippen MR) is 48.6 cm³/mol. The lowest BCUT2D eigenvalue weighted by Crippen LogP contribution is -2.20. The minimum absolute atomic E-state index is 0.125. The molecule has 1 unspecified atom stereocenters. The van der Waals surface area contributed by atoms with Crippen LogP contribution in [-0.4, -0.2) is 25.1 Å². The highest BCUT2D eigenvalue weighted by Gasteiger charge is 2.24. The highest BCUT2D eigenvalue weighted by Crippen LogP contribution is 2.28. The summed E-state index contributed by atoms with van der Waals surface area (Å²) in [6.45, 7) is -0.125. The highest BCUT2D eigenvalue weighted by molar-refractivity contribution is 5.30. The first kappa shape index (κ1) is 10.8. The Morgan fingerprint density at radius 1 is 1.57 bits per heavy atom. The minimum atomic E-state index is -2.50. The number of halogens is 2. The van der Waals surface area contributed by atoms with Crippen LogP contribution in [0.3, 0.4) is 0 Å². The van der Waals surface area contributed by atoms with E-state index in [2.05, 4.69) is 4.98 Å². The van der Waals surface area contributed by atoms with Gasteiger partial charge in [0.25, 0.3) is 0 Å². The maximum atomic E-state index is 12.5. The van der Waals surface area contributed by atoms with Gasteiger partial charge in [-0.2, -0.15) is 0 Å². The van der Waals surface area contributed by atoms with E-state index in [0.29, 0.717) is 5.56 Å². The Kier molecular flexibility index (Phi) is 3.76. The van der Waals surface area contributed by atoms with Crippen LogP contribution in [0.5, 0.6) is 5.88 Å². The van der Waals surface area contributed by atoms with E-state index >= 15 is 0 Å². The lowest BCUT2D eigenvalue weighted by molar-refractivity contribution is 0.115. The van der Waals surface area contributed by atoms with Crippen LogP contribution in [0.1, 0.15) is 11.5 Å². The standard InChI is InChI=1S/C9H12F2N2O/c1-14-9-6(3-2-4-13-9)7(5-12)8(10)11/h2-4,7-8H,5,12H2,1H3. The van der Waals surface area contributed by atoms with Crippen LogP contribution in [0.4, 0.5) is 8.78 Å². The van der Waals surface area contributed by atoms with Crippen LogP contribution in [0.2, 0.25) is 0 Å². The van der Waals surface area contributed by atoms with E-state index in [-0.39, 0.29) is 12.4 Å². The van der Waals surface area contributed by atoms with Crippen molar-refractivity contribution in [3.63, 3.8) is 0 Å². The SMILES string of the molecule is COc1ncccc1C(CN)C(F)F. The van der Waals surface area contributed by atoms with E-state index in [1.807, 2.05) is 0 Å². The number of ether oxygens (including phenoxy) is 1. The van der Waals surface area contributed by atoms with Crippen LogP contribution in [0.15, 0.2) is 18.3 Å². The van der Waals surface area contributed by atoms with Gasteiger partial charge in [-0.15, -0.1) is 0 Å². The molecule has 1 rings (SSSR count). The van der Waals surface area contributed by atoms with E-state index in [0.717, 1.165) is 0 Å². The van der Waals surface area contributed by atoms with E-state index in [9.17, 15) is 8.78 Å². The molecule has 0 fully saturated rings. The molecule has 0 amide bonds. The van der Waals surface area contributed by atoms with Crippen molar-refractivity contribution in [3.8, 4) is 5.88 Å². The first-order chi connectivity index (χ1) is 6.70. The van der Waals surface area contributed by atoms with Crippen LogP contribution in [0, 0.1) is 0 Å². The number of hydrogen-bond acceptors (Lipinski definition) is 3. The Morgan fingerprint density at radius 3 is 2.79 bits per heavy atom. The van der Waals surface area contributed by atoms with Gasteiger partial charge in [0.05, 0.1) is 13.0 Å². The monoisotopic (exact) mass is 202 g/mol. The Labute approximate surface area is 80.9 Å². The topological polar surface area (TPSA) is 48.1 Å². The van der Waals surface area contributed by atoms with Crippen molar-refractivity contribution in [2.45, 2.75) is 12.3 Å². The Balaban J connectivity index is 3.02. The first-order valence-electron chi connectivity index (χ1n) is 4.17. The van der Waals surface area contributed by atoms with Crippen LogP contribution >= 0.6 is 0 Å². The van der Waals surface area contributed by atoms with E-state index in [1.165, 1.54) is 13.3 Å². The molecule has 0 radical (unpaired) electrons.